The molecule has 0 aliphatic carbocycles. The highest BCUT2D eigenvalue weighted by atomic mass is 79.9. The van der Waals surface area contributed by atoms with Crippen molar-refractivity contribution in [1.82, 2.24) is 4.90 Å². The molecule has 0 saturated carbocycles. The van der Waals surface area contributed by atoms with Crippen molar-refractivity contribution in [2.24, 2.45) is 0 Å². The third-order valence-electron chi connectivity index (χ3n) is 6.58. The summed E-state index contributed by atoms with van der Waals surface area (Å²) in [5.74, 6) is 1.64. The summed E-state index contributed by atoms with van der Waals surface area (Å²) in [6.07, 6.45) is 7.18. The Bertz CT molecular complexity index is 962. The average Bonchev–Trinajstić information content (AvgIpc) is 2.78. The zero-order valence-electron chi connectivity index (χ0n) is 19.1. The van der Waals surface area contributed by atoms with Crippen LogP contribution in [0.2, 0.25) is 0 Å². The molecule has 2 aromatic rings. The smallest absolute Gasteiger partial charge is 0.165 e. The van der Waals surface area contributed by atoms with Gasteiger partial charge in [-0.3, -0.25) is 4.90 Å². The van der Waals surface area contributed by atoms with E-state index in [1.54, 1.807) is 6.07 Å². The van der Waals surface area contributed by atoms with Crippen molar-refractivity contribution < 1.29 is 19.7 Å². The number of rotatable bonds is 9. The van der Waals surface area contributed by atoms with Gasteiger partial charge in [0.25, 0.3) is 0 Å². The lowest BCUT2D eigenvalue weighted by molar-refractivity contribution is 0.155. The van der Waals surface area contributed by atoms with Gasteiger partial charge in [-0.15, -0.1) is 0 Å². The maximum atomic E-state index is 10.6. The molecule has 32 heavy (non-hydrogen) atoms. The van der Waals surface area contributed by atoms with E-state index in [0.29, 0.717) is 24.7 Å². The summed E-state index contributed by atoms with van der Waals surface area (Å²) in [7, 11) is 0. The van der Waals surface area contributed by atoms with Gasteiger partial charge in [0.05, 0.1) is 13.2 Å². The molecule has 174 valence electrons. The molecule has 0 fully saturated rings. The highest BCUT2D eigenvalue weighted by Gasteiger charge is 2.36. The van der Waals surface area contributed by atoms with E-state index < -0.39 is 0 Å². The van der Waals surface area contributed by atoms with E-state index in [-0.39, 0.29) is 17.5 Å². The predicted molar refractivity (Wildman–Crippen MR) is 130 cm³/mol. The Hall–Kier alpha value is -1.92. The number of nitrogens with zero attached hydrogens (tertiary/aromatic N) is 1. The first kappa shape index (κ1) is 23.2. The van der Waals surface area contributed by atoms with Crippen LogP contribution < -0.4 is 9.47 Å². The quantitative estimate of drug-likeness (QED) is 0.395. The van der Waals surface area contributed by atoms with Gasteiger partial charge in [0, 0.05) is 29.2 Å². The second kappa shape index (κ2) is 10.3. The van der Waals surface area contributed by atoms with E-state index in [1.807, 2.05) is 12.1 Å². The van der Waals surface area contributed by atoms with Crippen molar-refractivity contribution in [2.75, 3.05) is 19.8 Å². The number of phenols is 2. The Balaban J connectivity index is 1.60. The summed E-state index contributed by atoms with van der Waals surface area (Å²) >= 11 is 3.68. The van der Waals surface area contributed by atoms with Gasteiger partial charge >= 0.3 is 0 Å². The molecule has 2 aliphatic rings. The monoisotopic (exact) mass is 503 g/mol. The lowest BCUT2D eigenvalue weighted by atomic mass is 9.83. The Labute approximate surface area is 199 Å². The molecule has 2 aromatic carbocycles. The summed E-state index contributed by atoms with van der Waals surface area (Å²) in [6, 6.07) is 5.86. The van der Waals surface area contributed by atoms with Crippen LogP contribution >= 0.6 is 15.9 Å². The van der Waals surface area contributed by atoms with Crippen LogP contribution in [0.4, 0.5) is 0 Å². The highest BCUT2D eigenvalue weighted by Crippen LogP contribution is 2.47. The summed E-state index contributed by atoms with van der Waals surface area (Å²) < 4.78 is 12.8. The number of benzene rings is 2. The number of halogens is 1. The lowest BCUT2D eigenvalue weighted by Crippen LogP contribution is -2.39. The molecule has 0 amide bonds. The van der Waals surface area contributed by atoms with Gasteiger partial charge < -0.3 is 19.7 Å². The summed E-state index contributed by atoms with van der Waals surface area (Å²) in [6.45, 7) is 7.15. The molecule has 0 saturated heterocycles. The minimum atomic E-state index is 0.190. The molecule has 4 rings (SSSR count). The second-order valence-electron chi connectivity index (χ2n) is 8.88. The molecule has 0 unspecified atom stereocenters. The minimum Gasteiger partial charge on any atom is -0.504 e. The number of fused-ring (bicyclic) bond motifs is 4. The van der Waals surface area contributed by atoms with E-state index in [9.17, 15) is 10.2 Å². The van der Waals surface area contributed by atoms with Gasteiger partial charge in [-0.05, 0) is 60.6 Å². The van der Waals surface area contributed by atoms with Crippen LogP contribution in [0.5, 0.6) is 23.0 Å². The zero-order chi connectivity index (χ0) is 22.7. The normalized spacial score (nSPS) is 17.4. The number of aromatic hydroxyl groups is 2. The van der Waals surface area contributed by atoms with Gasteiger partial charge in [0.15, 0.2) is 23.0 Å². The first-order valence-corrected chi connectivity index (χ1v) is 12.7. The van der Waals surface area contributed by atoms with Gasteiger partial charge in [-0.25, -0.2) is 0 Å². The van der Waals surface area contributed by atoms with Gasteiger partial charge in [-0.2, -0.15) is 0 Å². The number of ether oxygens (including phenoxy) is 2. The number of unbranched alkanes of at least 4 members (excludes halogenated alkanes) is 3. The number of phenolic OH excluding ortho intramolecular Hbond substituents is 2. The SMILES string of the molecule is CCCCCCOc1c(O)cc(Br)c2c1CN1CCc3cc(OCCC)c(O)cc3[C@@H]1C2. The molecule has 2 aliphatic heterocycles. The van der Waals surface area contributed by atoms with Crippen LogP contribution in [0.3, 0.4) is 0 Å². The first-order chi connectivity index (χ1) is 15.5. The maximum absolute atomic E-state index is 10.6. The summed E-state index contributed by atoms with van der Waals surface area (Å²) in [4.78, 5) is 2.44. The van der Waals surface area contributed by atoms with Crippen LogP contribution in [0.1, 0.15) is 74.2 Å². The van der Waals surface area contributed by atoms with Crippen LogP contribution in [0.25, 0.3) is 0 Å². The molecule has 6 heteroatoms. The Kier molecular flexibility index (Phi) is 7.51. The third kappa shape index (κ3) is 4.72. The fourth-order valence-electron chi connectivity index (χ4n) is 4.88. The molecule has 2 heterocycles. The highest BCUT2D eigenvalue weighted by molar-refractivity contribution is 9.10. The molecule has 0 radical (unpaired) electrons. The van der Waals surface area contributed by atoms with E-state index in [1.165, 1.54) is 29.5 Å². The standard InChI is InChI=1S/C26H34BrNO4/c1-3-5-6-7-11-32-26-20-16-28-9-8-17-12-25(31-10-4-2)23(29)14-18(17)22(28)13-19(20)21(27)15-24(26)30/h12,14-15,22,29-30H,3-11,13,16H2,1-2H3/t22-/m0/s1. The van der Waals surface area contributed by atoms with Crippen molar-refractivity contribution in [3.8, 4) is 23.0 Å². The van der Waals surface area contributed by atoms with Crippen LogP contribution in [0.15, 0.2) is 22.7 Å². The van der Waals surface area contributed by atoms with Crippen molar-refractivity contribution in [3.63, 3.8) is 0 Å². The zero-order valence-corrected chi connectivity index (χ0v) is 20.7. The molecule has 0 aromatic heterocycles. The molecule has 1 atom stereocenters. The first-order valence-electron chi connectivity index (χ1n) is 11.9. The van der Waals surface area contributed by atoms with E-state index in [0.717, 1.165) is 55.2 Å². The molecule has 0 spiro atoms. The van der Waals surface area contributed by atoms with Crippen LogP contribution in [0, 0.1) is 0 Å². The molecule has 2 N–H and O–H groups in total. The fraction of sp³-hybridized carbons (Fsp3) is 0.538. The largest absolute Gasteiger partial charge is 0.504 e. The molecular weight excluding hydrogens is 470 g/mol. The van der Waals surface area contributed by atoms with Gasteiger partial charge in [-0.1, -0.05) is 49.0 Å². The van der Waals surface area contributed by atoms with Crippen molar-refractivity contribution in [2.45, 2.75) is 71.4 Å². The Morgan fingerprint density at radius 1 is 0.969 bits per heavy atom. The topological polar surface area (TPSA) is 62.2 Å². The van der Waals surface area contributed by atoms with E-state index in [2.05, 4.69) is 34.7 Å². The summed E-state index contributed by atoms with van der Waals surface area (Å²) in [5.41, 5.74) is 4.69. The summed E-state index contributed by atoms with van der Waals surface area (Å²) in [5, 5.41) is 21.2. The molecule has 5 nitrogen and oxygen atoms in total. The molecular formula is C26H34BrNO4. The van der Waals surface area contributed by atoms with Crippen LogP contribution in [-0.4, -0.2) is 34.9 Å². The molecule has 0 bridgehead atoms. The minimum absolute atomic E-state index is 0.190. The number of hydrogen-bond acceptors (Lipinski definition) is 5. The third-order valence-corrected chi connectivity index (χ3v) is 7.28. The van der Waals surface area contributed by atoms with Gasteiger partial charge in [0.1, 0.15) is 0 Å². The number of hydrogen-bond donors (Lipinski definition) is 2. The van der Waals surface area contributed by atoms with Crippen molar-refractivity contribution >= 4 is 15.9 Å². The average molecular weight is 504 g/mol. The Morgan fingerprint density at radius 3 is 2.59 bits per heavy atom. The van der Waals surface area contributed by atoms with E-state index in [4.69, 9.17) is 9.47 Å². The van der Waals surface area contributed by atoms with Crippen LogP contribution in [-0.2, 0) is 19.4 Å². The van der Waals surface area contributed by atoms with E-state index >= 15 is 0 Å². The predicted octanol–water partition coefficient (Wildman–Crippen LogP) is 6.26. The van der Waals surface area contributed by atoms with Gasteiger partial charge in [0.2, 0.25) is 0 Å². The Morgan fingerprint density at radius 2 is 1.81 bits per heavy atom. The second-order valence-corrected chi connectivity index (χ2v) is 9.73. The maximum Gasteiger partial charge on any atom is 0.165 e. The van der Waals surface area contributed by atoms with Crippen molar-refractivity contribution in [1.29, 1.82) is 0 Å². The lowest BCUT2D eigenvalue weighted by Gasteiger charge is -2.42. The van der Waals surface area contributed by atoms with Crippen molar-refractivity contribution in [3.05, 3.63) is 44.9 Å². The fourth-order valence-corrected chi connectivity index (χ4v) is 5.50.